The number of diazo groups is 1. The van der Waals surface area contributed by atoms with Crippen LogP contribution in [0.2, 0.25) is 0 Å². The molecular formula is C8H8ClN5. The topological polar surface area (TPSA) is 69.7 Å². The molecule has 2 aromatic rings. The van der Waals surface area contributed by atoms with Crippen molar-refractivity contribution in [3.05, 3.63) is 22.3 Å². The van der Waals surface area contributed by atoms with Crippen molar-refractivity contribution in [2.75, 3.05) is 0 Å². The zero-order valence-corrected chi connectivity index (χ0v) is 8.50. The highest BCUT2D eigenvalue weighted by molar-refractivity contribution is 5.90. The lowest BCUT2D eigenvalue weighted by atomic mass is 10.1. The maximum atomic E-state index is 8.65. The first-order valence-electron chi connectivity index (χ1n) is 3.89. The number of H-pyrrole nitrogens is 1. The fourth-order valence-electron chi connectivity index (χ4n) is 1.29. The second kappa shape index (κ2) is 3.60. The minimum absolute atomic E-state index is 0. The number of rotatable bonds is 0. The normalized spacial score (nSPS) is 9.50. The molecule has 0 aliphatic carbocycles. The molecule has 14 heavy (non-hydrogen) atoms. The van der Waals surface area contributed by atoms with Gasteiger partial charge >= 0.3 is 5.82 Å². The molecule has 0 fully saturated rings. The summed E-state index contributed by atoms with van der Waals surface area (Å²) in [5.74, 6) is 0.295. The van der Waals surface area contributed by atoms with Crippen LogP contribution in [0.4, 0.5) is 5.82 Å². The van der Waals surface area contributed by atoms with Gasteiger partial charge in [0.25, 0.3) is 0 Å². The summed E-state index contributed by atoms with van der Waals surface area (Å²) in [7, 11) is 0. The summed E-state index contributed by atoms with van der Waals surface area (Å²) < 4.78 is 0. The van der Waals surface area contributed by atoms with Crippen LogP contribution in [0.25, 0.3) is 16.0 Å². The third-order valence-corrected chi connectivity index (χ3v) is 2.18. The molecule has 0 unspecified atom stereocenters. The van der Waals surface area contributed by atoms with E-state index in [1.807, 2.05) is 13.8 Å². The Kier molecular flexibility index (Phi) is 2.68. The molecule has 2 aromatic heterocycles. The highest BCUT2D eigenvalue weighted by atomic mass is 35.5. The quantitative estimate of drug-likeness (QED) is 0.570. The summed E-state index contributed by atoms with van der Waals surface area (Å²) in [6.45, 7) is 3.90. The summed E-state index contributed by atoms with van der Waals surface area (Å²) in [6.07, 6.45) is 1.76. The maximum absolute atomic E-state index is 8.65. The van der Waals surface area contributed by atoms with Crippen LogP contribution in [0.3, 0.4) is 0 Å². The molecule has 0 radical (unpaired) electrons. The number of aromatic amines is 1. The minimum atomic E-state index is 0. The molecule has 5 nitrogen and oxygen atoms in total. The monoisotopic (exact) mass is 209 g/mol. The molecule has 0 aliphatic heterocycles. The number of aromatic nitrogens is 3. The second-order valence-corrected chi connectivity index (χ2v) is 2.94. The van der Waals surface area contributed by atoms with E-state index in [-0.39, 0.29) is 12.4 Å². The van der Waals surface area contributed by atoms with Gasteiger partial charge in [-0.1, -0.05) is 0 Å². The fraction of sp³-hybridized carbons (Fsp3) is 0.250. The second-order valence-electron chi connectivity index (χ2n) is 2.94. The average molecular weight is 210 g/mol. The first kappa shape index (κ1) is 10.4. The molecule has 6 heteroatoms. The minimum Gasteiger partial charge on any atom is -1.00 e. The Balaban J connectivity index is 0.000000980. The summed E-state index contributed by atoms with van der Waals surface area (Å²) >= 11 is 0. The van der Waals surface area contributed by atoms with E-state index in [2.05, 4.69) is 20.2 Å². The van der Waals surface area contributed by atoms with Crippen LogP contribution in [0.1, 0.15) is 11.1 Å². The average Bonchev–Trinajstić information content (AvgIpc) is 2.55. The van der Waals surface area contributed by atoms with E-state index in [0.29, 0.717) is 11.5 Å². The number of hydrogen-bond donors (Lipinski definition) is 1. The zero-order valence-electron chi connectivity index (χ0n) is 7.74. The Hall–Kier alpha value is -1.67. The van der Waals surface area contributed by atoms with Gasteiger partial charge in [-0.05, 0) is 25.0 Å². The summed E-state index contributed by atoms with van der Waals surface area (Å²) in [4.78, 5) is 7.20. The molecule has 0 saturated heterocycles. The van der Waals surface area contributed by atoms with Crippen LogP contribution in [0.15, 0.2) is 6.20 Å². The van der Waals surface area contributed by atoms with Gasteiger partial charge in [-0.3, -0.25) is 0 Å². The summed E-state index contributed by atoms with van der Waals surface area (Å²) in [6, 6.07) is 0. The third-order valence-electron chi connectivity index (χ3n) is 2.18. The summed E-state index contributed by atoms with van der Waals surface area (Å²) in [5.41, 5.74) is 2.74. The van der Waals surface area contributed by atoms with Gasteiger partial charge in [0.1, 0.15) is 5.39 Å². The molecule has 0 aliphatic rings. The van der Waals surface area contributed by atoms with Crippen molar-refractivity contribution < 1.29 is 12.4 Å². The number of pyridine rings is 1. The number of halogens is 1. The highest BCUT2D eigenvalue weighted by Gasteiger charge is 2.20. The van der Waals surface area contributed by atoms with Gasteiger partial charge in [0.2, 0.25) is 0 Å². The van der Waals surface area contributed by atoms with Crippen molar-refractivity contribution in [1.82, 2.24) is 15.2 Å². The lowest BCUT2D eigenvalue weighted by molar-refractivity contribution is -0.00000315. The molecule has 2 heterocycles. The van der Waals surface area contributed by atoms with Crippen LogP contribution in [0, 0.1) is 19.2 Å². The Morgan fingerprint density at radius 2 is 2.14 bits per heavy atom. The molecule has 0 bridgehead atoms. The smallest absolute Gasteiger partial charge is 0.497 e. The van der Waals surface area contributed by atoms with Crippen molar-refractivity contribution in [1.29, 1.82) is 5.39 Å². The molecule has 72 valence electrons. The van der Waals surface area contributed by atoms with Gasteiger partial charge < -0.3 is 12.4 Å². The standard InChI is InChI=1S/C8H8N5.ClH/c1-4-3-10-7-6(5(4)2)8(11-9)13-12-7;/h3H,1-2H3,(H,10,12,13);1H/q+1;/p-1. The van der Waals surface area contributed by atoms with E-state index >= 15 is 0 Å². The molecular weight excluding hydrogens is 202 g/mol. The lowest BCUT2D eigenvalue weighted by Gasteiger charge is -1.95. The van der Waals surface area contributed by atoms with E-state index in [4.69, 9.17) is 5.39 Å². The molecule has 0 amide bonds. The predicted octanol–water partition coefficient (Wildman–Crippen LogP) is -0.937. The molecule has 0 aromatic carbocycles. The van der Waals surface area contributed by atoms with Crippen LogP contribution in [-0.4, -0.2) is 15.2 Å². The Morgan fingerprint density at radius 1 is 1.43 bits per heavy atom. The van der Waals surface area contributed by atoms with Gasteiger partial charge in [-0.2, -0.15) is 5.10 Å². The van der Waals surface area contributed by atoms with Gasteiger partial charge in [0.15, 0.2) is 5.65 Å². The van der Waals surface area contributed by atoms with E-state index in [0.717, 1.165) is 16.5 Å². The third kappa shape index (κ3) is 1.30. The number of aryl methyl sites for hydroxylation is 2. The van der Waals surface area contributed by atoms with Gasteiger partial charge in [0, 0.05) is 11.2 Å². The van der Waals surface area contributed by atoms with Crippen LogP contribution in [-0.2, 0) is 0 Å². The van der Waals surface area contributed by atoms with Crippen LogP contribution >= 0.6 is 0 Å². The Bertz CT molecular complexity index is 510. The Morgan fingerprint density at radius 3 is 2.79 bits per heavy atom. The summed E-state index contributed by atoms with van der Waals surface area (Å²) in [5, 5.41) is 15.9. The predicted molar refractivity (Wildman–Crippen MR) is 48.1 cm³/mol. The fourth-order valence-corrected chi connectivity index (χ4v) is 1.29. The first-order chi connectivity index (χ1) is 6.24. The van der Waals surface area contributed by atoms with Crippen LogP contribution in [0.5, 0.6) is 0 Å². The molecule has 0 atom stereocenters. The first-order valence-corrected chi connectivity index (χ1v) is 3.89. The van der Waals surface area contributed by atoms with Crippen molar-refractivity contribution in [3.63, 3.8) is 0 Å². The number of fused-ring (bicyclic) bond motifs is 1. The van der Waals surface area contributed by atoms with E-state index < -0.39 is 0 Å². The van der Waals surface area contributed by atoms with Crippen molar-refractivity contribution >= 4 is 16.9 Å². The molecule has 1 N–H and O–H groups in total. The van der Waals surface area contributed by atoms with E-state index in [1.165, 1.54) is 0 Å². The molecule has 0 saturated carbocycles. The van der Waals surface area contributed by atoms with Crippen molar-refractivity contribution in [3.8, 4) is 0 Å². The van der Waals surface area contributed by atoms with E-state index in [1.54, 1.807) is 6.20 Å². The molecule has 2 rings (SSSR count). The van der Waals surface area contributed by atoms with Gasteiger partial charge in [-0.25, -0.2) is 4.98 Å². The van der Waals surface area contributed by atoms with Crippen molar-refractivity contribution in [2.24, 2.45) is 0 Å². The maximum Gasteiger partial charge on any atom is 0.497 e. The number of hydrogen-bond acceptors (Lipinski definition) is 3. The molecule has 0 spiro atoms. The largest absolute Gasteiger partial charge is 1.00 e. The lowest BCUT2D eigenvalue weighted by Crippen LogP contribution is -3.00. The highest BCUT2D eigenvalue weighted by Crippen LogP contribution is 2.26. The Labute approximate surface area is 86.6 Å². The zero-order chi connectivity index (χ0) is 9.42. The van der Waals surface area contributed by atoms with Gasteiger partial charge in [0.05, 0.1) is 10.5 Å². The van der Waals surface area contributed by atoms with Crippen LogP contribution < -0.4 is 12.4 Å². The van der Waals surface area contributed by atoms with Crippen molar-refractivity contribution in [2.45, 2.75) is 13.8 Å². The number of nitrogens with zero attached hydrogens (tertiary/aromatic N) is 4. The number of nitrogens with one attached hydrogen (secondary N) is 1. The van der Waals surface area contributed by atoms with Gasteiger partial charge in [-0.15, -0.1) is 0 Å². The van der Waals surface area contributed by atoms with E-state index in [9.17, 15) is 0 Å². The SMILES string of the molecule is Cc1cnc2[nH]nc([N+]#N)c2c1C.[Cl-].